The van der Waals surface area contributed by atoms with Crippen molar-refractivity contribution >= 4 is 28.6 Å². The fourth-order valence-corrected chi connectivity index (χ4v) is 1.99. The van der Waals surface area contributed by atoms with Crippen LogP contribution < -0.4 is 11.3 Å². The predicted octanol–water partition coefficient (Wildman–Crippen LogP) is 1.09. The van der Waals surface area contributed by atoms with Crippen molar-refractivity contribution in [1.29, 1.82) is 0 Å². The normalized spacial score (nSPS) is 11.2. The Labute approximate surface area is 113 Å². The third-order valence-electron chi connectivity index (χ3n) is 2.82. The van der Waals surface area contributed by atoms with Gasteiger partial charge in [0.15, 0.2) is 11.5 Å². The van der Waals surface area contributed by atoms with Crippen LogP contribution in [0.25, 0.3) is 16.9 Å². The lowest BCUT2D eigenvalue weighted by molar-refractivity contribution is 0.810. The van der Waals surface area contributed by atoms with Crippen LogP contribution in [0.15, 0.2) is 6.20 Å². The molecule has 3 aromatic rings. The van der Waals surface area contributed by atoms with Crippen LogP contribution in [0, 0.1) is 13.8 Å². The Morgan fingerprint density at radius 2 is 2.16 bits per heavy atom. The van der Waals surface area contributed by atoms with Gasteiger partial charge >= 0.3 is 0 Å². The Balaban J connectivity index is 2.34. The van der Waals surface area contributed by atoms with Crippen LogP contribution in [0.3, 0.4) is 0 Å². The number of hydrazine groups is 1. The number of fused-ring (bicyclic) bond motifs is 1. The number of H-pyrrole nitrogens is 1. The highest BCUT2D eigenvalue weighted by Gasteiger charge is 2.16. The molecule has 0 unspecified atom stereocenters. The fraction of sp³-hybridized carbons (Fsp3) is 0.200. The molecule has 3 rings (SSSR count). The summed E-state index contributed by atoms with van der Waals surface area (Å²) in [4.78, 5) is 8.47. The Morgan fingerprint density at radius 3 is 2.79 bits per heavy atom. The van der Waals surface area contributed by atoms with Crippen LogP contribution in [0.1, 0.15) is 11.4 Å². The van der Waals surface area contributed by atoms with Crippen molar-refractivity contribution in [3.63, 3.8) is 0 Å². The first-order chi connectivity index (χ1) is 9.11. The number of hydrogen-bond donors (Lipinski definition) is 3. The van der Waals surface area contributed by atoms with E-state index in [4.69, 9.17) is 17.4 Å². The summed E-state index contributed by atoms with van der Waals surface area (Å²) in [5.74, 6) is 6.21. The number of nitrogens with one attached hydrogen (secondary N) is 2. The van der Waals surface area contributed by atoms with Crippen LogP contribution in [-0.4, -0.2) is 29.9 Å². The maximum atomic E-state index is 6.16. The number of nitrogens with zero attached hydrogens (tertiary/aromatic N) is 5. The molecule has 9 heteroatoms. The number of aryl methyl sites for hydroxylation is 1. The van der Waals surface area contributed by atoms with Crippen LogP contribution in [0.5, 0.6) is 0 Å². The van der Waals surface area contributed by atoms with Gasteiger partial charge in [-0.25, -0.2) is 10.5 Å². The van der Waals surface area contributed by atoms with Crippen molar-refractivity contribution in [2.45, 2.75) is 13.8 Å². The molecule has 0 aliphatic rings. The van der Waals surface area contributed by atoms with Gasteiger partial charge in [0.25, 0.3) is 0 Å². The summed E-state index contributed by atoms with van der Waals surface area (Å²) in [5.41, 5.74) is 4.51. The second kappa shape index (κ2) is 4.18. The second-order valence-electron chi connectivity index (χ2n) is 4.04. The van der Waals surface area contributed by atoms with E-state index in [1.165, 1.54) is 0 Å². The summed E-state index contributed by atoms with van der Waals surface area (Å²) in [6.07, 6.45) is 1.63. The standard InChI is InChI=1S/C10H11ClN8/c1-4-7(11)5(2)19(18-4)9-6-3-13-17-8(6)14-10(15-9)16-12/h3H,12H2,1-2H3,(H2,13,14,15,16,17). The summed E-state index contributed by atoms with van der Waals surface area (Å²) < 4.78 is 1.65. The van der Waals surface area contributed by atoms with Crippen molar-refractivity contribution in [2.24, 2.45) is 5.84 Å². The fourth-order valence-electron chi connectivity index (χ4n) is 1.88. The molecule has 4 N–H and O–H groups in total. The van der Waals surface area contributed by atoms with Crippen LogP contribution in [0.2, 0.25) is 5.02 Å². The molecule has 0 aliphatic carbocycles. The zero-order valence-corrected chi connectivity index (χ0v) is 11.0. The third-order valence-corrected chi connectivity index (χ3v) is 3.37. The van der Waals surface area contributed by atoms with E-state index < -0.39 is 0 Å². The van der Waals surface area contributed by atoms with E-state index in [2.05, 4.69) is 30.7 Å². The van der Waals surface area contributed by atoms with E-state index in [1.807, 2.05) is 13.8 Å². The number of aromatic amines is 1. The molecule has 0 aromatic carbocycles. The summed E-state index contributed by atoms with van der Waals surface area (Å²) in [5, 5.41) is 12.4. The van der Waals surface area contributed by atoms with Gasteiger partial charge in [0, 0.05) is 0 Å². The molecule has 3 heterocycles. The van der Waals surface area contributed by atoms with Crippen molar-refractivity contribution in [2.75, 3.05) is 5.43 Å². The lowest BCUT2D eigenvalue weighted by atomic mass is 10.3. The quantitative estimate of drug-likeness (QED) is 0.478. The summed E-state index contributed by atoms with van der Waals surface area (Å²) in [6.45, 7) is 3.70. The highest BCUT2D eigenvalue weighted by molar-refractivity contribution is 6.31. The Morgan fingerprint density at radius 1 is 1.37 bits per heavy atom. The Kier molecular flexibility index (Phi) is 2.61. The molecular weight excluding hydrogens is 268 g/mol. The molecule has 0 bridgehead atoms. The second-order valence-corrected chi connectivity index (χ2v) is 4.42. The molecule has 0 spiro atoms. The van der Waals surface area contributed by atoms with E-state index in [1.54, 1.807) is 10.9 Å². The van der Waals surface area contributed by atoms with Gasteiger partial charge in [-0.1, -0.05) is 11.6 Å². The van der Waals surface area contributed by atoms with Gasteiger partial charge in [0.05, 0.1) is 28.0 Å². The van der Waals surface area contributed by atoms with E-state index in [-0.39, 0.29) is 5.95 Å². The molecule has 0 amide bonds. The monoisotopic (exact) mass is 278 g/mol. The highest BCUT2D eigenvalue weighted by Crippen LogP contribution is 2.25. The van der Waals surface area contributed by atoms with Crippen LogP contribution in [0.4, 0.5) is 5.95 Å². The third kappa shape index (κ3) is 1.72. The maximum Gasteiger partial charge on any atom is 0.241 e. The molecule has 19 heavy (non-hydrogen) atoms. The molecule has 0 aliphatic heterocycles. The number of halogens is 1. The first-order valence-corrected chi connectivity index (χ1v) is 5.89. The lowest BCUT2D eigenvalue weighted by Gasteiger charge is -2.06. The maximum absolute atomic E-state index is 6.16. The number of rotatable bonds is 2. The summed E-state index contributed by atoms with van der Waals surface area (Å²) >= 11 is 6.16. The van der Waals surface area contributed by atoms with Gasteiger partial charge in [-0.3, -0.25) is 10.5 Å². The molecule has 0 radical (unpaired) electrons. The van der Waals surface area contributed by atoms with Gasteiger partial charge in [-0.15, -0.1) is 0 Å². The zero-order chi connectivity index (χ0) is 13.6. The lowest BCUT2D eigenvalue weighted by Crippen LogP contribution is -2.13. The van der Waals surface area contributed by atoms with E-state index in [0.717, 1.165) is 16.8 Å². The van der Waals surface area contributed by atoms with Crippen LogP contribution >= 0.6 is 11.6 Å². The molecule has 98 valence electrons. The first-order valence-electron chi connectivity index (χ1n) is 5.51. The molecule has 0 fully saturated rings. The van der Waals surface area contributed by atoms with E-state index >= 15 is 0 Å². The van der Waals surface area contributed by atoms with Crippen LogP contribution in [-0.2, 0) is 0 Å². The molecule has 8 nitrogen and oxygen atoms in total. The number of hydrogen-bond acceptors (Lipinski definition) is 6. The first kappa shape index (κ1) is 11.9. The highest BCUT2D eigenvalue weighted by atomic mass is 35.5. The Bertz CT molecular complexity index is 758. The molecule has 0 atom stereocenters. The minimum atomic E-state index is 0.274. The topological polar surface area (TPSA) is 110 Å². The van der Waals surface area contributed by atoms with Gasteiger partial charge in [0.2, 0.25) is 5.95 Å². The predicted molar refractivity (Wildman–Crippen MR) is 71.1 cm³/mol. The summed E-state index contributed by atoms with van der Waals surface area (Å²) in [6, 6.07) is 0. The average molecular weight is 279 g/mol. The van der Waals surface area contributed by atoms with Crippen molar-refractivity contribution in [3.05, 3.63) is 22.6 Å². The van der Waals surface area contributed by atoms with Gasteiger partial charge in [0.1, 0.15) is 0 Å². The Hall–Kier alpha value is -2.19. The molecule has 0 saturated carbocycles. The smallest absolute Gasteiger partial charge is 0.241 e. The van der Waals surface area contributed by atoms with E-state index in [9.17, 15) is 0 Å². The van der Waals surface area contributed by atoms with Crippen molar-refractivity contribution in [1.82, 2.24) is 29.9 Å². The SMILES string of the molecule is Cc1nn(-c2nc(NN)nc3[nH]ncc23)c(C)c1Cl. The van der Waals surface area contributed by atoms with E-state index in [0.29, 0.717) is 16.5 Å². The summed E-state index contributed by atoms with van der Waals surface area (Å²) in [7, 11) is 0. The van der Waals surface area contributed by atoms with Gasteiger partial charge in [-0.05, 0) is 13.8 Å². The minimum Gasteiger partial charge on any atom is -0.292 e. The van der Waals surface area contributed by atoms with Crippen molar-refractivity contribution < 1.29 is 0 Å². The molecule has 3 aromatic heterocycles. The largest absolute Gasteiger partial charge is 0.292 e. The van der Waals surface area contributed by atoms with Gasteiger partial charge in [-0.2, -0.15) is 20.2 Å². The number of nitrogens with two attached hydrogens (primary N) is 1. The number of anilines is 1. The van der Waals surface area contributed by atoms with Crippen molar-refractivity contribution in [3.8, 4) is 5.82 Å². The average Bonchev–Trinajstić information content (AvgIpc) is 2.98. The number of nitrogen functional groups attached to an aromatic ring is 1. The number of aromatic nitrogens is 6. The minimum absolute atomic E-state index is 0.274. The molecule has 0 saturated heterocycles. The molecular formula is C10H11ClN8. The zero-order valence-electron chi connectivity index (χ0n) is 10.3. The van der Waals surface area contributed by atoms with Gasteiger partial charge < -0.3 is 0 Å².